The molecule has 2 N–H and O–H groups in total. The zero-order chi connectivity index (χ0) is 20.0. The normalized spacial score (nSPS) is 11.6. The van der Waals surface area contributed by atoms with Gasteiger partial charge in [0.15, 0.2) is 11.5 Å². The summed E-state index contributed by atoms with van der Waals surface area (Å²) in [4.78, 5) is 25.2. The van der Waals surface area contributed by atoms with Crippen LogP contribution in [0.15, 0.2) is 46.9 Å². The molecule has 0 spiro atoms. The first-order valence-corrected chi connectivity index (χ1v) is 9.24. The molecule has 0 aliphatic carbocycles. The van der Waals surface area contributed by atoms with Crippen molar-refractivity contribution in [1.82, 2.24) is 5.32 Å². The fourth-order valence-electron chi connectivity index (χ4n) is 2.49. The second-order valence-corrected chi connectivity index (χ2v) is 7.18. The van der Waals surface area contributed by atoms with Gasteiger partial charge in [0, 0.05) is 21.8 Å². The van der Waals surface area contributed by atoms with Crippen LogP contribution in [0.5, 0.6) is 11.5 Å². The summed E-state index contributed by atoms with van der Waals surface area (Å²) in [5.74, 6) is 0.380. The molecule has 0 saturated carbocycles. The third-order valence-corrected chi connectivity index (χ3v) is 4.52. The van der Waals surface area contributed by atoms with Gasteiger partial charge < -0.3 is 20.1 Å². The van der Waals surface area contributed by atoms with E-state index in [1.54, 1.807) is 49.6 Å². The molecule has 0 aliphatic heterocycles. The summed E-state index contributed by atoms with van der Waals surface area (Å²) < 4.78 is 11.3. The van der Waals surface area contributed by atoms with E-state index in [9.17, 15) is 9.59 Å². The molecule has 0 bridgehead atoms. The molecule has 0 fully saturated rings. The minimum absolute atomic E-state index is 0.0930. The second-order valence-electron chi connectivity index (χ2n) is 6.26. The van der Waals surface area contributed by atoms with Crippen molar-refractivity contribution in [1.29, 1.82) is 0 Å². The van der Waals surface area contributed by atoms with Crippen LogP contribution in [0, 0.1) is 5.92 Å². The molecular weight excluding hydrogens is 412 g/mol. The zero-order valence-electron chi connectivity index (χ0n) is 15.7. The molecule has 0 aromatic heterocycles. The summed E-state index contributed by atoms with van der Waals surface area (Å²) in [7, 11) is 3.07. The predicted octanol–water partition coefficient (Wildman–Crippen LogP) is 3.86. The van der Waals surface area contributed by atoms with Crippen LogP contribution in [0.25, 0.3) is 0 Å². The van der Waals surface area contributed by atoms with Gasteiger partial charge in [-0.05, 0) is 42.3 Å². The Morgan fingerprint density at radius 3 is 2.15 bits per heavy atom. The second kappa shape index (κ2) is 9.41. The Labute approximate surface area is 167 Å². The Morgan fingerprint density at radius 1 is 0.963 bits per heavy atom. The van der Waals surface area contributed by atoms with Crippen molar-refractivity contribution < 1.29 is 19.1 Å². The van der Waals surface area contributed by atoms with E-state index in [1.165, 1.54) is 7.11 Å². The Hall–Kier alpha value is -2.54. The Kier molecular flexibility index (Phi) is 7.24. The van der Waals surface area contributed by atoms with Crippen LogP contribution in [-0.2, 0) is 4.79 Å². The zero-order valence-corrected chi connectivity index (χ0v) is 17.3. The lowest BCUT2D eigenvalue weighted by Gasteiger charge is -2.22. The van der Waals surface area contributed by atoms with Gasteiger partial charge in [0.05, 0.1) is 14.2 Å². The number of hydrogen-bond donors (Lipinski definition) is 2. The molecule has 2 aromatic rings. The molecule has 2 rings (SSSR count). The lowest BCUT2D eigenvalue weighted by atomic mass is 10.0. The van der Waals surface area contributed by atoms with Gasteiger partial charge in [-0.2, -0.15) is 0 Å². The van der Waals surface area contributed by atoms with Crippen LogP contribution in [0.3, 0.4) is 0 Å². The van der Waals surface area contributed by atoms with Crippen LogP contribution < -0.4 is 20.1 Å². The number of carbonyl (C=O) groups excluding carboxylic acids is 2. The number of ether oxygens (including phenoxy) is 2. The maximum atomic E-state index is 12.7. The SMILES string of the molecule is COc1ccc(NC(=O)[C@@H](NC(=O)c2ccc(Br)cc2)C(C)C)cc1OC. The van der Waals surface area contributed by atoms with Gasteiger partial charge in [-0.15, -0.1) is 0 Å². The molecule has 0 radical (unpaired) electrons. The molecule has 144 valence electrons. The average molecular weight is 435 g/mol. The molecule has 0 saturated heterocycles. The van der Waals surface area contributed by atoms with Crippen molar-refractivity contribution in [2.24, 2.45) is 5.92 Å². The Balaban J connectivity index is 2.13. The van der Waals surface area contributed by atoms with Crippen molar-refractivity contribution >= 4 is 33.4 Å². The molecule has 2 aromatic carbocycles. The molecule has 2 amide bonds. The first-order chi connectivity index (χ1) is 12.8. The number of hydrogen-bond acceptors (Lipinski definition) is 4. The summed E-state index contributed by atoms with van der Waals surface area (Å²) in [6.45, 7) is 3.75. The van der Waals surface area contributed by atoms with E-state index in [0.717, 1.165) is 4.47 Å². The van der Waals surface area contributed by atoms with Crippen LogP contribution in [0.4, 0.5) is 5.69 Å². The quantitative estimate of drug-likeness (QED) is 0.693. The number of methoxy groups -OCH3 is 2. The van der Waals surface area contributed by atoms with Gasteiger partial charge in [-0.1, -0.05) is 29.8 Å². The summed E-state index contributed by atoms with van der Waals surface area (Å²) in [5, 5.41) is 5.62. The highest BCUT2D eigenvalue weighted by molar-refractivity contribution is 9.10. The first kappa shape index (κ1) is 20.8. The third-order valence-electron chi connectivity index (χ3n) is 3.99. The minimum Gasteiger partial charge on any atom is -0.493 e. The van der Waals surface area contributed by atoms with Crippen LogP contribution in [0.1, 0.15) is 24.2 Å². The third kappa shape index (κ3) is 5.47. The van der Waals surface area contributed by atoms with E-state index < -0.39 is 6.04 Å². The smallest absolute Gasteiger partial charge is 0.251 e. The summed E-state index contributed by atoms with van der Waals surface area (Å²) >= 11 is 3.34. The van der Waals surface area contributed by atoms with Gasteiger partial charge in [0.25, 0.3) is 5.91 Å². The number of anilines is 1. The molecule has 0 unspecified atom stereocenters. The summed E-state index contributed by atoms with van der Waals surface area (Å²) in [6, 6.07) is 11.4. The van der Waals surface area contributed by atoms with Crippen molar-refractivity contribution in [3.8, 4) is 11.5 Å². The highest BCUT2D eigenvalue weighted by Gasteiger charge is 2.25. The molecule has 0 aliphatic rings. The molecule has 27 heavy (non-hydrogen) atoms. The molecule has 6 nitrogen and oxygen atoms in total. The molecule has 1 atom stereocenters. The lowest BCUT2D eigenvalue weighted by molar-refractivity contribution is -0.118. The maximum Gasteiger partial charge on any atom is 0.251 e. The fraction of sp³-hybridized carbons (Fsp3) is 0.300. The standard InChI is InChI=1S/C20H23BrN2O4/c1-12(2)18(23-19(24)13-5-7-14(21)8-6-13)20(25)22-15-9-10-16(26-3)17(11-15)27-4/h5-12,18H,1-4H3,(H,22,25)(H,23,24)/t18-/m0/s1. The number of rotatable bonds is 7. The monoisotopic (exact) mass is 434 g/mol. The Morgan fingerprint density at radius 2 is 1.59 bits per heavy atom. The molecule has 7 heteroatoms. The van der Waals surface area contributed by atoms with E-state index in [2.05, 4.69) is 26.6 Å². The van der Waals surface area contributed by atoms with E-state index in [1.807, 2.05) is 13.8 Å². The number of benzene rings is 2. The van der Waals surface area contributed by atoms with E-state index in [0.29, 0.717) is 22.7 Å². The van der Waals surface area contributed by atoms with Crippen LogP contribution >= 0.6 is 15.9 Å². The van der Waals surface area contributed by atoms with Gasteiger partial charge in [0.2, 0.25) is 5.91 Å². The highest BCUT2D eigenvalue weighted by atomic mass is 79.9. The van der Waals surface area contributed by atoms with Gasteiger partial charge in [-0.3, -0.25) is 9.59 Å². The fourth-order valence-corrected chi connectivity index (χ4v) is 2.76. The van der Waals surface area contributed by atoms with Crippen molar-refractivity contribution in [2.75, 3.05) is 19.5 Å². The largest absolute Gasteiger partial charge is 0.493 e. The van der Waals surface area contributed by atoms with Gasteiger partial charge >= 0.3 is 0 Å². The first-order valence-electron chi connectivity index (χ1n) is 8.45. The van der Waals surface area contributed by atoms with Gasteiger partial charge in [-0.25, -0.2) is 0 Å². The van der Waals surface area contributed by atoms with Crippen molar-refractivity contribution in [3.05, 3.63) is 52.5 Å². The van der Waals surface area contributed by atoms with Gasteiger partial charge in [0.1, 0.15) is 6.04 Å². The number of carbonyl (C=O) groups is 2. The Bertz CT molecular complexity index is 806. The van der Waals surface area contributed by atoms with E-state index in [4.69, 9.17) is 9.47 Å². The maximum absolute atomic E-state index is 12.7. The average Bonchev–Trinajstić information content (AvgIpc) is 2.65. The van der Waals surface area contributed by atoms with Crippen molar-refractivity contribution in [3.63, 3.8) is 0 Å². The number of amides is 2. The highest BCUT2D eigenvalue weighted by Crippen LogP contribution is 2.29. The molecule has 0 heterocycles. The van der Waals surface area contributed by atoms with Crippen molar-refractivity contribution in [2.45, 2.75) is 19.9 Å². The summed E-state index contributed by atoms with van der Waals surface area (Å²) in [6.07, 6.45) is 0. The minimum atomic E-state index is -0.686. The van der Waals surface area contributed by atoms with E-state index >= 15 is 0 Å². The lowest BCUT2D eigenvalue weighted by Crippen LogP contribution is -2.47. The van der Waals surface area contributed by atoms with Crippen LogP contribution in [-0.4, -0.2) is 32.1 Å². The van der Waals surface area contributed by atoms with E-state index in [-0.39, 0.29) is 17.7 Å². The number of nitrogens with one attached hydrogen (secondary N) is 2. The summed E-state index contributed by atoms with van der Waals surface area (Å²) in [5.41, 5.74) is 1.05. The number of halogens is 1. The molecular formula is C20H23BrN2O4. The topological polar surface area (TPSA) is 76.7 Å². The van der Waals surface area contributed by atoms with Crippen LogP contribution in [0.2, 0.25) is 0 Å². The predicted molar refractivity (Wildman–Crippen MR) is 108 cm³/mol.